The van der Waals surface area contributed by atoms with E-state index in [1.165, 1.54) is 19.3 Å². The molecule has 34 heavy (non-hydrogen) atoms. The van der Waals surface area contributed by atoms with Crippen LogP contribution in [0.1, 0.15) is 43.8 Å². The van der Waals surface area contributed by atoms with Crippen molar-refractivity contribution in [2.45, 2.75) is 44.6 Å². The number of methoxy groups -OCH3 is 1. The lowest BCUT2D eigenvalue weighted by atomic mass is 9.88. The topological polar surface area (TPSA) is 89.3 Å². The molecule has 3 aromatic rings. The largest absolute Gasteiger partial charge is 0.497 e. The van der Waals surface area contributed by atoms with Crippen LogP contribution in [0, 0.1) is 0 Å². The van der Waals surface area contributed by atoms with Crippen molar-refractivity contribution in [3.63, 3.8) is 0 Å². The molecule has 2 fully saturated rings. The predicted molar refractivity (Wildman–Crippen MR) is 129 cm³/mol. The zero-order chi connectivity index (χ0) is 23.3. The van der Waals surface area contributed by atoms with Crippen LogP contribution in [0.4, 0.5) is 5.95 Å². The maximum atomic E-state index is 13.3. The van der Waals surface area contributed by atoms with Crippen molar-refractivity contribution >= 4 is 11.9 Å². The maximum absolute atomic E-state index is 13.3. The molecule has 0 spiro atoms. The minimum absolute atomic E-state index is 0.0766. The molecule has 2 aromatic heterocycles. The van der Waals surface area contributed by atoms with E-state index in [2.05, 4.69) is 14.9 Å². The Labute approximate surface area is 199 Å². The minimum atomic E-state index is 0.0766. The van der Waals surface area contributed by atoms with Crippen LogP contribution in [-0.4, -0.2) is 68.8 Å². The van der Waals surface area contributed by atoms with Crippen LogP contribution in [-0.2, 0) is 11.3 Å². The summed E-state index contributed by atoms with van der Waals surface area (Å²) >= 11 is 0. The van der Waals surface area contributed by atoms with Crippen molar-refractivity contribution in [3.05, 3.63) is 48.5 Å². The molecule has 178 valence electrons. The molecular formula is C25H31N7O2. The molecule has 2 aliphatic rings. The first-order chi connectivity index (χ1) is 16.7. The summed E-state index contributed by atoms with van der Waals surface area (Å²) in [5, 5.41) is 4.80. The molecule has 0 bridgehead atoms. The van der Waals surface area contributed by atoms with Gasteiger partial charge in [0.1, 0.15) is 18.1 Å². The normalized spacial score (nSPS) is 17.1. The Morgan fingerprint density at radius 1 is 1.03 bits per heavy atom. The number of hydrogen-bond acceptors (Lipinski definition) is 7. The number of carbonyl (C=O) groups is 1. The van der Waals surface area contributed by atoms with Crippen molar-refractivity contribution in [2.24, 2.45) is 0 Å². The summed E-state index contributed by atoms with van der Waals surface area (Å²) in [6, 6.07) is 9.59. The second-order valence-electron chi connectivity index (χ2n) is 8.93. The van der Waals surface area contributed by atoms with E-state index in [1.807, 2.05) is 39.9 Å². The van der Waals surface area contributed by atoms with Crippen LogP contribution in [0.15, 0.2) is 42.7 Å². The summed E-state index contributed by atoms with van der Waals surface area (Å²) in [6.45, 7) is 2.94. The third kappa shape index (κ3) is 4.88. The molecule has 5 rings (SSSR count). The highest BCUT2D eigenvalue weighted by atomic mass is 16.5. The highest BCUT2D eigenvalue weighted by molar-refractivity contribution is 5.76. The molecule has 1 aromatic carbocycles. The van der Waals surface area contributed by atoms with E-state index in [9.17, 15) is 4.79 Å². The zero-order valence-corrected chi connectivity index (χ0v) is 19.6. The summed E-state index contributed by atoms with van der Waals surface area (Å²) in [5.41, 5.74) is 0.902. The molecule has 1 saturated heterocycles. The number of hydrogen-bond donors (Lipinski definition) is 0. The molecule has 0 N–H and O–H groups in total. The molecule has 1 saturated carbocycles. The van der Waals surface area contributed by atoms with Gasteiger partial charge < -0.3 is 14.5 Å². The number of anilines is 1. The van der Waals surface area contributed by atoms with Crippen LogP contribution in [0.5, 0.6) is 5.75 Å². The zero-order valence-electron chi connectivity index (χ0n) is 19.6. The van der Waals surface area contributed by atoms with Gasteiger partial charge in [-0.25, -0.2) is 19.6 Å². The fourth-order valence-corrected chi connectivity index (χ4v) is 4.86. The molecule has 0 radical (unpaired) electrons. The summed E-state index contributed by atoms with van der Waals surface area (Å²) in [5.74, 6) is 3.49. The van der Waals surface area contributed by atoms with Crippen molar-refractivity contribution in [1.29, 1.82) is 0 Å². The van der Waals surface area contributed by atoms with Gasteiger partial charge in [0.05, 0.1) is 7.11 Å². The number of nitrogens with zero attached hydrogens (tertiary/aromatic N) is 7. The molecule has 0 unspecified atom stereocenters. The first kappa shape index (κ1) is 22.3. The summed E-state index contributed by atoms with van der Waals surface area (Å²) in [4.78, 5) is 30.9. The number of amides is 1. The average Bonchev–Trinajstić information content (AvgIpc) is 3.33. The Hall–Kier alpha value is -3.49. The number of carbonyl (C=O) groups excluding carboxylic acids is 1. The van der Waals surface area contributed by atoms with Gasteiger partial charge >= 0.3 is 0 Å². The van der Waals surface area contributed by atoms with E-state index < -0.39 is 0 Å². The van der Waals surface area contributed by atoms with Crippen molar-refractivity contribution in [1.82, 2.24) is 29.6 Å². The smallest absolute Gasteiger partial charge is 0.244 e. The fourth-order valence-electron chi connectivity index (χ4n) is 4.86. The summed E-state index contributed by atoms with van der Waals surface area (Å²) in [6.07, 6.45) is 9.35. The van der Waals surface area contributed by atoms with E-state index in [1.54, 1.807) is 19.5 Å². The Bertz CT molecular complexity index is 1100. The van der Waals surface area contributed by atoms with Crippen LogP contribution in [0.2, 0.25) is 0 Å². The Morgan fingerprint density at radius 2 is 1.79 bits per heavy atom. The number of benzene rings is 1. The highest BCUT2D eigenvalue weighted by Crippen LogP contribution is 2.33. The van der Waals surface area contributed by atoms with E-state index >= 15 is 0 Å². The first-order valence-corrected chi connectivity index (χ1v) is 12.1. The summed E-state index contributed by atoms with van der Waals surface area (Å²) < 4.78 is 7.23. The van der Waals surface area contributed by atoms with Crippen molar-refractivity contribution in [3.8, 4) is 17.1 Å². The average molecular weight is 462 g/mol. The SMILES string of the molecule is COc1cccc(-c2nc(C3CCCCC3)n(CC(=O)N3CCN(c4ncccn4)CC3)n2)c1. The molecule has 9 heteroatoms. The van der Waals surface area contributed by atoms with Gasteiger partial charge in [0.2, 0.25) is 11.9 Å². The van der Waals surface area contributed by atoms with E-state index in [-0.39, 0.29) is 12.5 Å². The molecule has 1 aliphatic heterocycles. The van der Waals surface area contributed by atoms with E-state index in [4.69, 9.17) is 14.8 Å². The molecule has 1 amide bonds. The van der Waals surface area contributed by atoms with Gasteiger partial charge in [-0.3, -0.25) is 4.79 Å². The standard InChI is InChI=1S/C25H31N7O2/c1-34-21-10-5-9-20(17-21)23-28-24(19-7-3-2-4-8-19)32(29-23)18-22(33)30-13-15-31(16-14-30)25-26-11-6-12-27-25/h5-6,9-12,17,19H,2-4,7-8,13-16,18H2,1H3. The van der Waals surface area contributed by atoms with Gasteiger partial charge in [0.15, 0.2) is 5.82 Å². The lowest BCUT2D eigenvalue weighted by Crippen LogP contribution is -2.50. The Morgan fingerprint density at radius 3 is 2.53 bits per heavy atom. The van der Waals surface area contributed by atoms with Crippen LogP contribution in [0.3, 0.4) is 0 Å². The van der Waals surface area contributed by atoms with Gasteiger partial charge in [-0.15, -0.1) is 0 Å². The quantitative estimate of drug-likeness (QED) is 0.557. The molecular weight excluding hydrogens is 430 g/mol. The van der Waals surface area contributed by atoms with Gasteiger partial charge in [-0.2, -0.15) is 5.10 Å². The lowest BCUT2D eigenvalue weighted by molar-refractivity contribution is -0.132. The first-order valence-electron chi connectivity index (χ1n) is 12.1. The number of piperazine rings is 1. The Balaban J connectivity index is 1.32. The summed E-state index contributed by atoms with van der Waals surface area (Å²) in [7, 11) is 1.65. The molecule has 0 atom stereocenters. The van der Waals surface area contributed by atoms with Gasteiger partial charge in [0, 0.05) is 50.1 Å². The third-order valence-corrected chi connectivity index (χ3v) is 6.75. The Kier molecular flexibility index (Phi) is 6.69. The van der Waals surface area contributed by atoms with Crippen LogP contribution >= 0.6 is 0 Å². The number of rotatable bonds is 6. The molecule has 3 heterocycles. The monoisotopic (exact) mass is 461 g/mol. The molecule has 1 aliphatic carbocycles. The lowest BCUT2D eigenvalue weighted by Gasteiger charge is -2.34. The minimum Gasteiger partial charge on any atom is -0.497 e. The van der Waals surface area contributed by atoms with Gasteiger partial charge in [0.25, 0.3) is 0 Å². The maximum Gasteiger partial charge on any atom is 0.244 e. The number of aromatic nitrogens is 5. The highest BCUT2D eigenvalue weighted by Gasteiger charge is 2.27. The predicted octanol–water partition coefficient (Wildman–Crippen LogP) is 3.14. The van der Waals surface area contributed by atoms with Gasteiger partial charge in [-0.05, 0) is 31.0 Å². The van der Waals surface area contributed by atoms with Crippen molar-refractivity contribution < 1.29 is 9.53 Å². The third-order valence-electron chi connectivity index (χ3n) is 6.75. The van der Waals surface area contributed by atoms with Crippen molar-refractivity contribution in [2.75, 3.05) is 38.2 Å². The second-order valence-corrected chi connectivity index (χ2v) is 8.93. The van der Waals surface area contributed by atoms with Crippen LogP contribution in [0.25, 0.3) is 11.4 Å². The van der Waals surface area contributed by atoms with Crippen LogP contribution < -0.4 is 9.64 Å². The van der Waals surface area contributed by atoms with E-state index in [0.29, 0.717) is 30.8 Å². The second kappa shape index (κ2) is 10.2. The number of ether oxygens (including phenoxy) is 1. The van der Waals surface area contributed by atoms with E-state index in [0.717, 1.165) is 43.1 Å². The molecule has 9 nitrogen and oxygen atoms in total. The van der Waals surface area contributed by atoms with Gasteiger partial charge in [-0.1, -0.05) is 31.4 Å². The fraction of sp³-hybridized carbons (Fsp3) is 0.480.